The van der Waals surface area contributed by atoms with Gasteiger partial charge in [0.2, 0.25) is 0 Å². The van der Waals surface area contributed by atoms with Gasteiger partial charge in [0.05, 0.1) is 0 Å². The second kappa shape index (κ2) is 15.6. The molecule has 1 aromatic rings. The fraction of sp³-hybridized carbons (Fsp3) is 0.438. The molecule has 1 heteroatoms. The third-order valence-corrected chi connectivity index (χ3v) is 1.68. The van der Waals surface area contributed by atoms with Crippen LogP contribution in [-0.2, 0) is 16.5 Å². The van der Waals surface area contributed by atoms with Crippen LogP contribution >= 0.6 is 0 Å². The van der Waals surface area contributed by atoms with E-state index in [9.17, 15) is 0 Å². The Labute approximate surface area is 119 Å². The summed E-state index contributed by atoms with van der Waals surface area (Å²) in [5.74, 6) is 0.591. The molecule has 0 aliphatic heterocycles. The minimum Gasteiger partial charge on any atom is -0.344 e. The van der Waals surface area contributed by atoms with Crippen molar-refractivity contribution in [2.75, 3.05) is 0 Å². The first-order valence-corrected chi connectivity index (χ1v) is 6.04. The zero-order chi connectivity index (χ0) is 13.0. The van der Waals surface area contributed by atoms with Gasteiger partial charge in [0.1, 0.15) is 0 Å². The molecule has 0 saturated carbocycles. The Balaban J connectivity index is -0.000000240. The van der Waals surface area contributed by atoms with Gasteiger partial charge in [0.25, 0.3) is 0 Å². The van der Waals surface area contributed by atoms with E-state index in [1.807, 2.05) is 19.9 Å². The molecule has 1 rings (SSSR count). The molecule has 0 aliphatic carbocycles. The quantitative estimate of drug-likeness (QED) is 0.473. The number of rotatable bonds is 1. The summed E-state index contributed by atoms with van der Waals surface area (Å²) in [7, 11) is 0. The van der Waals surface area contributed by atoms with Gasteiger partial charge in [-0.05, 0) is 0 Å². The molecule has 101 valence electrons. The molecule has 0 atom stereocenters. The van der Waals surface area contributed by atoms with Crippen LogP contribution in [0.1, 0.15) is 57.6 Å². The van der Waals surface area contributed by atoms with Crippen molar-refractivity contribution in [1.29, 1.82) is 0 Å². The molecule has 0 saturated heterocycles. The average Bonchev–Trinajstić information content (AvgIpc) is 2.20. The zero-order valence-electron chi connectivity index (χ0n) is 11.7. The monoisotopic (exact) mass is 277 g/mol. The van der Waals surface area contributed by atoms with Crippen LogP contribution in [0.4, 0.5) is 0 Å². The summed E-state index contributed by atoms with van der Waals surface area (Å²) in [5.41, 5.74) is 2.50. The molecule has 0 nitrogen and oxygen atoms in total. The summed E-state index contributed by atoms with van der Waals surface area (Å²) in [6, 6.07) is 8.26. The summed E-state index contributed by atoms with van der Waals surface area (Å²) in [6.45, 7) is 19.3. The van der Waals surface area contributed by atoms with Gasteiger partial charge in [-0.2, -0.15) is 31.4 Å². The number of hydrogen-bond acceptors (Lipinski definition) is 0. The molecule has 17 heavy (non-hydrogen) atoms. The van der Waals surface area contributed by atoms with Crippen LogP contribution in [0, 0.1) is 20.8 Å². The van der Waals surface area contributed by atoms with E-state index in [0.717, 1.165) is 18.4 Å². The molecule has 0 unspecified atom stereocenters. The smallest absolute Gasteiger partial charge is 0.344 e. The van der Waals surface area contributed by atoms with Gasteiger partial charge < -0.3 is 13.8 Å². The summed E-state index contributed by atoms with van der Waals surface area (Å²) in [4.78, 5) is 0. The molecule has 1 aromatic carbocycles. The maximum atomic E-state index is 3.94. The fourth-order valence-electron chi connectivity index (χ4n) is 1.10. The van der Waals surface area contributed by atoms with Gasteiger partial charge >= 0.3 is 16.5 Å². The first-order valence-electron chi connectivity index (χ1n) is 6.04. The normalized spacial score (nSPS) is 8.18. The van der Waals surface area contributed by atoms with E-state index in [2.05, 4.69) is 52.8 Å². The van der Waals surface area contributed by atoms with Crippen LogP contribution in [0.15, 0.2) is 24.3 Å². The molecule has 0 spiro atoms. The van der Waals surface area contributed by atoms with Crippen molar-refractivity contribution >= 4 is 0 Å². The molecule has 0 N–H and O–H groups in total. The van der Waals surface area contributed by atoms with E-state index >= 15 is 0 Å². The van der Waals surface area contributed by atoms with E-state index < -0.39 is 0 Å². The van der Waals surface area contributed by atoms with Crippen LogP contribution in [0.2, 0.25) is 0 Å². The fourth-order valence-corrected chi connectivity index (χ4v) is 1.10. The van der Waals surface area contributed by atoms with E-state index in [4.69, 9.17) is 0 Å². The maximum Gasteiger partial charge on any atom is 3.00 e. The molecular weight excluding hydrogens is 251 g/mol. The van der Waals surface area contributed by atoms with Crippen molar-refractivity contribution in [3.8, 4) is 0 Å². The van der Waals surface area contributed by atoms with Crippen LogP contribution in [-0.4, -0.2) is 0 Å². The van der Waals surface area contributed by atoms with Gasteiger partial charge in [-0.3, -0.25) is 0 Å². The van der Waals surface area contributed by atoms with Gasteiger partial charge in [-0.1, -0.05) is 39.7 Å². The molecule has 0 amide bonds. The Kier molecular flexibility index (Phi) is 20.0. The summed E-state index contributed by atoms with van der Waals surface area (Å²) in [6.07, 6.45) is 2.00. The minimum absolute atomic E-state index is 0. The van der Waals surface area contributed by atoms with Gasteiger partial charge in [-0.15, -0.1) is 17.7 Å². The summed E-state index contributed by atoms with van der Waals surface area (Å²) >= 11 is 0. The van der Waals surface area contributed by atoms with Crippen LogP contribution in [0.5, 0.6) is 0 Å². The second-order valence-electron chi connectivity index (χ2n) is 3.85. The molecule has 1 radical (unpaired) electrons. The van der Waals surface area contributed by atoms with E-state index in [0.29, 0.717) is 5.92 Å². The van der Waals surface area contributed by atoms with Crippen molar-refractivity contribution in [2.24, 2.45) is 0 Å². The zero-order valence-corrected chi connectivity index (χ0v) is 12.7. The Morgan fingerprint density at radius 1 is 1.00 bits per heavy atom. The van der Waals surface area contributed by atoms with E-state index in [-0.39, 0.29) is 16.5 Å². The first kappa shape index (κ1) is 21.8. The molecule has 0 fully saturated rings. The molecular formula is C16H27Ni. The van der Waals surface area contributed by atoms with E-state index in [1.165, 1.54) is 5.56 Å². The van der Waals surface area contributed by atoms with Crippen molar-refractivity contribution in [3.05, 3.63) is 56.2 Å². The largest absolute Gasteiger partial charge is 3.00 e. The summed E-state index contributed by atoms with van der Waals surface area (Å²) in [5, 5.41) is 0. The van der Waals surface area contributed by atoms with Gasteiger partial charge in [0.15, 0.2) is 0 Å². The van der Waals surface area contributed by atoms with Crippen molar-refractivity contribution in [1.82, 2.24) is 0 Å². The van der Waals surface area contributed by atoms with Crippen LogP contribution in [0.25, 0.3) is 0 Å². The second-order valence-corrected chi connectivity index (χ2v) is 3.85. The van der Waals surface area contributed by atoms with Crippen LogP contribution < -0.4 is 0 Å². The third-order valence-electron chi connectivity index (χ3n) is 1.68. The Morgan fingerprint density at radius 2 is 1.35 bits per heavy atom. The molecule has 0 heterocycles. The average molecular weight is 278 g/mol. The Hall–Kier alpha value is -0.416. The number of hydrogen-bond donors (Lipinski definition) is 0. The van der Waals surface area contributed by atoms with Crippen molar-refractivity contribution in [2.45, 2.75) is 46.5 Å². The van der Waals surface area contributed by atoms with E-state index in [1.54, 1.807) is 0 Å². The molecule has 0 aliphatic rings. The topological polar surface area (TPSA) is 0 Å². The van der Waals surface area contributed by atoms with Crippen molar-refractivity contribution in [3.63, 3.8) is 0 Å². The maximum absolute atomic E-state index is 3.94. The third kappa shape index (κ3) is 13.5. The van der Waals surface area contributed by atoms with Gasteiger partial charge in [-0.25, -0.2) is 0 Å². The standard InChI is InChI=1S/C10H13.2C3H7.Ni/c1-8(2)10-7-5-4-6-9(10)3;2*1-3-2;/h4-8H,3H2,1-2H3;2*1,3H2,2H3;/q3*-1;+3. The predicted octanol–water partition coefficient (Wildman–Crippen LogP) is 5.45. The SMILES string of the molecule is [CH2-]CC.[CH2-]CC.[CH2-]c1ccccc1C(C)C.[Ni+3]. The van der Waals surface area contributed by atoms with Crippen LogP contribution in [0.3, 0.4) is 0 Å². The molecule has 0 bridgehead atoms. The van der Waals surface area contributed by atoms with Gasteiger partial charge in [0, 0.05) is 0 Å². The first-order chi connectivity index (χ1) is 7.54. The Bertz CT molecular complexity index is 239. The molecule has 0 aromatic heterocycles. The Morgan fingerprint density at radius 3 is 1.59 bits per heavy atom. The number of benzene rings is 1. The minimum atomic E-state index is 0. The summed E-state index contributed by atoms with van der Waals surface area (Å²) < 4.78 is 0. The predicted molar refractivity (Wildman–Crippen MR) is 76.3 cm³/mol. The van der Waals surface area contributed by atoms with Crippen molar-refractivity contribution < 1.29 is 16.5 Å².